The van der Waals surface area contributed by atoms with Gasteiger partial charge in [-0.05, 0) is 31.5 Å². The van der Waals surface area contributed by atoms with Gasteiger partial charge in [0.25, 0.3) is 5.91 Å². The molecule has 1 heterocycles. The van der Waals surface area contributed by atoms with E-state index in [9.17, 15) is 18.0 Å². The van der Waals surface area contributed by atoms with Gasteiger partial charge in [-0.3, -0.25) is 4.79 Å². The van der Waals surface area contributed by atoms with Crippen molar-refractivity contribution in [1.82, 2.24) is 10.6 Å². The lowest BCUT2D eigenvalue weighted by molar-refractivity contribution is -0.137. The Bertz CT molecular complexity index is 466. The second-order valence-corrected chi connectivity index (χ2v) is 4.91. The van der Waals surface area contributed by atoms with E-state index in [1.165, 1.54) is 18.2 Å². The smallest absolute Gasteiger partial charge is 0.348 e. The Balaban J connectivity index is 2.13. The third kappa shape index (κ3) is 3.72. The molecular formula is C14H17F3N2O. The van der Waals surface area contributed by atoms with Crippen molar-refractivity contribution in [1.29, 1.82) is 0 Å². The molecule has 0 saturated carbocycles. The number of carbonyl (C=O) groups is 1. The number of halogens is 3. The second kappa shape index (κ2) is 6.26. The molecule has 1 unspecified atom stereocenters. The predicted octanol–water partition coefficient (Wildman–Crippen LogP) is 2.58. The summed E-state index contributed by atoms with van der Waals surface area (Å²) < 4.78 is 38.6. The second-order valence-electron chi connectivity index (χ2n) is 4.91. The molecule has 3 nitrogen and oxygen atoms in total. The maximum absolute atomic E-state index is 12.9. The van der Waals surface area contributed by atoms with Crippen LogP contribution in [0.1, 0.15) is 35.2 Å². The Hall–Kier alpha value is -1.56. The standard InChI is InChI=1S/C14H17F3N2O/c15-14(16,17)12-7-2-1-6-11(12)13(20)19-10-5-3-4-8-18-9-10/h1-2,6-7,10,18H,3-5,8-9H2,(H,19,20). The normalized spacial score (nSPS) is 20.2. The van der Waals surface area contributed by atoms with Crippen LogP contribution in [0, 0.1) is 0 Å². The van der Waals surface area contributed by atoms with Gasteiger partial charge in [-0.15, -0.1) is 0 Å². The highest BCUT2D eigenvalue weighted by Gasteiger charge is 2.35. The summed E-state index contributed by atoms with van der Waals surface area (Å²) in [5.74, 6) is -0.661. The number of alkyl halides is 3. The van der Waals surface area contributed by atoms with E-state index in [4.69, 9.17) is 0 Å². The van der Waals surface area contributed by atoms with Crippen molar-refractivity contribution >= 4 is 5.91 Å². The van der Waals surface area contributed by atoms with Crippen molar-refractivity contribution in [3.63, 3.8) is 0 Å². The van der Waals surface area contributed by atoms with Crippen molar-refractivity contribution in [3.05, 3.63) is 35.4 Å². The number of nitrogens with one attached hydrogen (secondary N) is 2. The van der Waals surface area contributed by atoms with Gasteiger partial charge >= 0.3 is 6.18 Å². The minimum Gasteiger partial charge on any atom is -0.348 e. The number of benzene rings is 1. The van der Waals surface area contributed by atoms with E-state index >= 15 is 0 Å². The van der Waals surface area contributed by atoms with Gasteiger partial charge in [-0.25, -0.2) is 0 Å². The van der Waals surface area contributed by atoms with Gasteiger partial charge in [0.05, 0.1) is 11.1 Å². The zero-order valence-corrected chi connectivity index (χ0v) is 11.0. The Kier molecular flexibility index (Phi) is 4.65. The molecule has 6 heteroatoms. The lowest BCUT2D eigenvalue weighted by Gasteiger charge is -2.18. The van der Waals surface area contributed by atoms with Crippen LogP contribution in [-0.4, -0.2) is 25.0 Å². The highest BCUT2D eigenvalue weighted by Crippen LogP contribution is 2.31. The number of rotatable bonds is 2. The summed E-state index contributed by atoms with van der Waals surface area (Å²) in [6.07, 6.45) is -1.76. The van der Waals surface area contributed by atoms with Crippen LogP contribution in [0.4, 0.5) is 13.2 Å². The molecule has 0 radical (unpaired) electrons. The fourth-order valence-corrected chi connectivity index (χ4v) is 2.33. The van der Waals surface area contributed by atoms with Crippen molar-refractivity contribution in [3.8, 4) is 0 Å². The Morgan fingerprint density at radius 1 is 1.25 bits per heavy atom. The summed E-state index contributed by atoms with van der Waals surface area (Å²) in [6.45, 7) is 1.48. The van der Waals surface area contributed by atoms with E-state index in [1.807, 2.05) is 0 Å². The number of carbonyl (C=O) groups excluding carboxylic acids is 1. The van der Waals surface area contributed by atoms with Gasteiger partial charge in [0.2, 0.25) is 0 Å². The van der Waals surface area contributed by atoms with Crippen molar-refractivity contribution in [2.75, 3.05) is 13.1 Å². The fraction of sp³-hybridized carbons (Fsp3) is 0.500. The topological polar surface area (TPSA) is 41.1 Å². The monoisotopic (exact) mass is 286 g/mol. The highest BCUT2D eigenvalue weighted by molar-refractivity contribution is 5.96. The first-order valence-electron chi connectivity index (χ1n) is 6.66. The van der Waals surface area contributed by atoms with Gasteiger partial charge in [0.1, 0.15) is 0 Å². The summed E-state index contributed by atoms with van der Waals surface area (Å²) in [4.78, 5) is 12.1. The first-order chi connectivity index (χ1) is 9.48. The molecule has 0 spiro atoms. The Morgan fingerprint density at radius 2 is 2.00 bits per heavy atom. The van der Waals surface area contributed by atoms with Crippen LogP contribution in [0.15, 0.2) is 24.3 Å². The van der Waals surface area contributed by atoms with E-state index in [-0.39, 0.29) is 11.6 Å². The molecule has 1 aliphatic rings. The minimum atomic E-state index is -4.52. The zero-order chi connectivity index (χ0) is 14.6. The third-order valence-electron chi connectivity index (χ3n) is 3.36. The zero-order valence-electron chi connectivity index (χ0n) is 11.0. The Morgan fingerprint density at radius 3 is 2.75 bits per heavy atom. The van der Waals surface area contributed by atoms with Crippen LogP contribution >= 0.6 is 0 Å². The van der Waals surface area contributed by atoms with Gasteiger partial charge in [0, 0.05) is 12.6 Å². The molecule has 20 heavy (non-hydrogen) atoms. The van der Waals surface area contributed by atoms with E-state index in [0.717, 1.165) is 31.9 Å². The number of hydrogen-bond donors (Lipinski definition) is 2. The summed E-state index contributed by atoms with van der Waals surface area (Å²) in [6, 6.07) is 4.75. The first kappa shape index (κ1) is 14.8. The van der Waals surface area contributed by atoms with E-state index < -0.39 is 17.6 Å². The highest BCUT2D eigenvalue weighted by atomic mass is 19.4. The van der Waals surface area contributed by atoms with Crippen LogP contribution < -0.4 is 10.6 Å². The quantitative estimate of drug-likeness (QED) is 0.877. The number of hydrogen-bond acceptors (Lipinski definition) is 2. The maximum Gasteiger partial charge on any atom is 0.417 e. The molecule has 2 rings (SSSR count). The van der Waals surface area contributed by atoms with Crippen LogP contribution in [0.2, 0.25) is 0 Å². The molecule has 1 aliphatic heterocycles. The molecule has 1 fully saturated rings. The van der Waals surface area contributed by atoms with Crippen molar-refractivity contribution in [2.45, 2.75) is 31.5 Å². The average Bonchev–Trinajstić information content (AvgIpc) is 2.66. The summed E-state index contributed by atoms with van der Waals surface area (Å²) in [5, 5.41) is 5.85. The van der Waals surface area contributed by atoms with E-state index in [2.05, 4.69) is 10.6 Å². The van der Waals surface area contributed by atoms with Crippen LogP contribution in [0.25, 0.3) is 0 Å². The fourth-order valence-electron chi connectivity index (χ4n) is 2.33. The lowest BCUT2D eigenvalue weighted by atomic mass is 10.1. The molecule has 1 atom stereocenters. The van der Waals surface area contributed by atoms with Gasteiger partial charge in [-0.2, -0.15) is 13.2 Å². The van der Waals surface area contributed by atoms with Gasteiger partial charge in [0.15, 0.2) is 0 Å². The van der Waals surface area contributed by atoms with Crippen LogP contribution in [0.3, 0.4) is 0 Å². The SMILES string of the molecule is O=C(NC1CCCCNC1)c1ccccc1C(F)(F)F. The molecule has 1 aromatic rings. The summed E-state index contributed by atoms with van der Waals surface area (Å²) in [5.41, 5.74) is -1.21. The maximum atomic E-state index is 12.9. The molecule has 0 bridgehead atoms. The largest absolute Gasteiger partial charge is 0.417 e. The molecular weight excluding hydrogens is 269 g/mol. The molecule has 2 N–H and O–H groups in total. The first-order valence-corrected chi connectivity index (χ1v) is 6.66. The Labute approximate surface area is 115 Å². The summed E-state index contributed by atoms with van der Waals surface area (Å²) >= 11 is 0. The van der Waals surface area contributed by atoms with Crippen LogP contribution in [0.5, 0.6) is 0 Å². The predicted molar refractivity (Wildman–Crippen MR) is 69.4 cm³/mol. The lowest BCUT2D eigenvalue weighted by Crippen LogP contribution is -2.41. The van der Waals surface area contributed by atoms with Crippen molar-refractivity contribution < 1.29 is 18.0 Å². The number of amides is 1. The molecule has 1 amide bonds. The molecule has 110 valence electrons. The molecule has 1 aromatic carbocycles. The van der Waals surface area contributed by atoms with E-state index in [1.54, 1.807) is 0 Å². The molecule has 1 saturated heterocycles. The van der Waals surface area contributed by atoms with Gasteiger partial charge < -0.3 is 10.6 Å². The summed E-state index contributed by atoms with van der Waals surface area (Å²) in [7, 11) is 0. The van der Waals surface area contributed by atoms with Crippen LogP contribution in [-0.2, 0) is 6.18 Å². The van der Waals surface area contributed by atoms with E-state index in [0.29, 0.717) is 6.54 Å². The van der Waals surface area contributed by atoms with Crippen molar-refractivity contribution in [2.24, 2.45) is 0 Å². The molecule has 0 aromatic heterocycles. The molecule has 0 aliphatic carbocycles. The minimum absolute atomic E-state index is 0.119. The third-order valence-corrected chi connectivity index (χ3v) is 3.36. The van der Waals surface area contributed by atoms with Gasteiger partial charge in [-0.1, -0.05) is 18.6 Å². The average molecular weight is 286 g/mol.